The van der Waals surface area contributed by atoms with E-state index in [1.165, 1.54) is 11.3 Å². The Labute approximate surface area is 93.9 Å². The van der Waals surface area contributed by atoms with Gasteiger partial charge in [0, 0.05) is 6.54 Å². The first-order chi connectivity index (χ1) is 6.41. The van der Waals surface area contributed by atoms with Crippen LogP contribution in [0.5, 0.6) is 0 Å². The average molecular weight is 215 g/mol. The van der Waals surface area contributed by atoms with Crippen LogP contribution in [0.1, 0.15) is 48.0 Å². The highest BCUT2D eigenvalue weighted by molar-refractivity contribution is 8.01. The van der Waals surface area contributed by atoms with E-state index in [2.05, 4.69) is 52.3 Å². The van der Waals surface area contributed by atoms with Gasteiger partial charge in [0.25, 0.3) is 0 Å². The molecule has 0 fully saturated rings. The SMILES string of the molecule is C/C=C(\CC(C)C(C)(C)C)SNCC. The fourth-order valence-corrected chi connectivity index (χ4v) is 1.77. The molecule has 0 bridgehead atoms. The molecule has 0 spiro atoms. The smallest absolute Gasteiger partial charge is 0.00332 e. The Balaban J connectivity index is 4.07. The number of allylic oxidation sites excluding steroid dienone is 2. The zero-order valence-electron chi connectivity index (χ0n) is 10.5. The minimum atomic E-state index is 0.404. The molecule has 0 saturated carbocycles. The van der Waals surface area contributed by atoms with E-state index >= 15 is 0 Å². The van der Waals surface area contributed by atoms with Gasteiger partial charge in [-0.3, -0.25) is 4.72 Å². The molecule has 0 radical (unpaired) electrons. The lowest BCUT2D eigenvalue weighted by molar-refractivity contribution is 0.262. The minimum Gasteiger partial charge on any atom is -0.260 e. The Hall–Kier alpha value is 0.0500. The highest BCUT2D eigenvalue weighted by atomic mass is 32.2. The van der Waals surface area contributed by atoms with Crippen molar-refractivity contribution in [3.8, 4) is 0 Å². The molecule has 0 aliphatic heterocycles. The Morgan fingerprint density at radius 3 is 2.36 bits per heavy atom. The van der Waals surface area contributed by atoms with E-state index in [4.69, 9.17) is 0 Å². The summed E-state index contributed by atoms with van der Waals surface area (Å²) in [5, 5.41) is 0. The van der Waals surface area contributed by atoms with Gasteiger partial charge in [0.2, 0.25) is 0 Å². The van der Waals surface area contributed by atoms with E-state index in [1.807, 2.05) is 0 Å². The summed E-state index contributed by atoms with van der Waals surface area (Å²) in [5.74, 6) is 0.722. The lowest BCUT2D eigenvalue weighted by Crippen LogP contribution is -2.18. The Bertz CT molecular complexity index is 179. The maximum atomic E-state index is 3.30. The summed E-state index contributed by atoms with van der Waals surface area (Å²) in [5.41, 5.74) is 0.404. The molecule has 0 aromatic rings. The Morgan fingerprint density at radius 2 is 2.00 bits per heavy atom. The summed E-state index contributed by atoms with van der Waals surface area (Å²) >= 11 is 1.78. The highest BCUT2D eigenvalue weighted by Gasteiger charge is 2.20. The fourth-order valence-electron chi connectivity index (χ4n) is 0.991. The normalized spacial score (nSPS) is 15.7. The second-order valence-corrected chi connectivity index (χ2v) is 5.84. The molecule has 14 heavy (non-hydrogen) atoms. The molecule has 1 N–H and O–H groups in total. The van der Waals surface area contributed by atoms with Crippen molar-refractivity contribution in [2.45, 2.75) is 48.0 Å². The van der Waals surface area contributed by atoms with Crippen LogP contribution in [-0.2, 0) is 0 Å². The van der Waals surface area contributed by atoms with Crippen molar-refractivity contribution in [2.75, 3.05) is 6.54 Å². The van der Waals surface area contributed by atoms with Gasteiger partial charge in [-0.2, -0.15) is 0 Å². The quantitative estimate of drug-likeness (QED) is 0.689. The molecule has 1 nitrogen and oxygen atoms in total. The number of rotatable bonds is 5. The zero-order valence-corrected chi connectivity index (χ0v) is 11.3. The van der Waals surface area contributed by atoms with E-state index < -0.39 is 0 Å². The summed E-state index contributed by atoms with van der Waals surface area (Å²) in [6.45, 7) is 14.5. The van der Waals surface area contributed by atoms with Crippen molar-refractivity contribution in [1.29, 1.82) is 0 Å². The van der Waals surface area contributed by atoms with Crippen LogP contribution in [0.2, 0.25) is 0 Å². The first-order valence-corrected chi connectivity index (χ1v) is 6.28. The molecule has 0 aliphatic carbocycles. The summed E-state index contributed by atoms with van der Waals surface area (Å²) in [6, 6.07) is 0. The predicted molar refractivity (Wildman–Crippen MR) is 68.3 cm³/mol. The average Bonchev–Trinajstić information content (AvgIpc) is 2.10. The molecule has 0 aliphatic rings. The standard InChI is InChI=1S/C12H25NS/c1-7-11(14-13-8-2)9-10(3)12(4,5)6/h7,10,13H,8-9H2,1-6H3/b11-7+. The number of nitrogens with one attached hydrogen (secondary N) is 1. The highest BCUT2D eigenvalue weighted by Crippen LogP contribution is 2.33. The second kappa shape index (κ2) is 6.52. The molecule has 0 rings (SSSR count). The van der Waals surface area contributed by atoms with Crippen LogP contribution in [0.25, 0.3) is 0 Å². The second-order valence-electron chi connectivity index (χ2n) is 4.83. The molecule has 0 aromatic carbocycles. The molecular formula is C12H25NS. The maximum absolute atomic E-state index is 3.30. The van der Waals surface area contributed by atoms with Gasteiger partial charge in [0.05, 0.1) is 0 Å². The summed E-state index contributed by atoms with van der Waals surface area (Å²) in [4.78, 5) is 1.45. The third-order valence-electron chi connectivity index (χ3n) is 2.66. The van der Waals surface area contributed by atoms with Crippen molar-refractivity contribution < 1.29 is 0 Å². The van der Waals surface area contributed by atoms with Crippen molar-refractivity contribution in [1.82, 2.24) is 4.72 Å². The number of hydrogen-bond acceptors (Lipinski definition) is 2. The van der Waals surface area contributed by atoms with Crippen LogP contribution >= 0.6 is 11.9 Å². The van der Waals surface area contributed by atoms with E-state index in [0.717, 1.165) is 12.5 Å². The predicted octanol–water partition coefficient (Wildman–Crippen LogP) is 4.22. The van der Waals surface area contributed by atoms with Crippen LogP contribution in [-0.4, -0.2) is 6.54 Å². The Kier molecular flexibility index (Phi) is 6.54. The van der Waals surface area contributed by atoms with E-state index in [0.29, 0.717) is 5.41 Å². The molecule has 84 valence electrons. The van der Waals surface area contributed by atoms with Crippen molar-refractivity contribution in [2.24, 2.45) is 11.3 Å². The van der Waals surface area contributed by atoms with Crippen molar-refractivity contribution in [3.63, 3.8) is 0 Å². The van der Waals surface area contributed by atoms with Crippen LogP contribution in [0.4, 0.5) is 0 Å². The van der Waals surface area contributed by atoms with Gasteiger partial charge in [-0.15, -0.1) is 0 Å². The van der Waals surface area contributed by atoms with Gasteiger partial charge in [-0.05, 0) is 29.6 Å². The van der Waals surface area contributed by atoms with Crippen LogP contribution < -0.4 is 4.72 Å². The van der Waals surface area contributed by atoms with Gasteiger partial charge >= 0.3 is 0 Å². The first kappa shape index (κ1) is 14.1. The summed E-state index contributed by atoms with van der Waals surface area (Å²) < 4.78 is 3.30. The molecule has 0 saturated heterocycles. The van der Waals surface area contributed by atoms with E-state index in [1.54, 1.807) is 11.9 Å². The van der Waals surface area contributed by atoms with Crippen LogP contribution in [0.3, 0.4) is 0 Å². The van der Waals surface area contributed by atoms with Gasteiger partial charge < -0.3 is 0 Å². The number of hydrogen-bond donors (Lipinski definition) is 1. The van der Waals surface area contributed by atoms with Gasteiger partial charge in [-0.25, -0.2) is 0 Å². The monoisotopic (exact) mass is 215 g/mol. The fraction of sp³-hybridized carbons (Fsp3) is 0.833. The van der Waals surface area contributed by atoms with Gasteiger partial charge in [-0.1, -0.05) is 52.6 Å². The maximum Gasteiger partial charge on any atom is 0.00332 e. The topological polar surface area (TPSA) is 12.0 Å². The molecule has 1 atom stereocenters. The van der Waals surface area contributed by atoms with Crippen molar-refractivity contribution in [3.05, 3.63) is 11.0 Å². The zero-order chi connectivity index (χ0) is 11.2. The van der Waals surface area contributed by atoms with E-state index in [9.17, 15) is 0 Å². The molecule has 1 unspecified atom stereocenters. The molecule has 0 aromatic heterocycles. The van der Waals surface area contributed by atoms with E-state index in [-0.39, 0.29) is 0 Å². The molecule has 2 heteroatoms. The summed E-state index contributed by atoms with van der Waals surface area (Å²) in [7, 11) is 0. The molecule has 0 heterocycles. The summed E-state index contributed by atoms with van der Waals surface area (Å²) in [6.07, 6.45) is 3.40. The third-order valence-corrected chi connectivity index (χ3v) is 3.75. The first-order valence-electron chi connectivity index (χ1n) is 5.46. The Morgan fingerprint density at radius 1 is 1.43 bits per heavy atom. The van der Waals surface area contributed by atoms with Gasteiger partial charge in [0.15, 0.2) is 0 Å². The molecule has 0 amide bonds. The van der Waals surface area contributed by atoms with Crippen LogP contribution in [0.15, 0.2) is 11.0 Å². The third kappa shape index (κ3) is 5.71. The largest absolute Gasteiger partial charge is 0.260 e. The van der Waals surface area contributed by atoms with Gasteiger partial charge in [0.1, 0.15) is 0 Å². The van der Waals surface area contributed by atoms with Crippen molar-refractivity contribution >= 4 is 11.9 Å². The molecular weight excluding hydrogens is 190 g/mol. The lowest BCUT2D eigenvalue weighted by atomic mass is 9.80. The lowest BCUT2D eigenvalue weighted by Gasteiger charge is -2.27. The minimum absolute atomic E-state index is 0.404. The van der Waals surface area contributed by atoms with Crippen LogP contribution in [0, 0.1) is 11.3 Å².